The van der Waals surface area contributed by atoms with Gasteiger partial charge in [-0.2, -0.15) is 0 Å². The number of amides is 1. The summed E-state index contributed by atoms with van der Waals surface area (Å²) in [5.74, 6) is 0.747. The zero-order chi connectivity index (χ0) is 20.3. The number of carbonyl (C=O) groups is 1. The second-order valence-electron chi connectivity index (χ2n) is 7.35. The number of hydrogen-bond acceptors (Lipinski definition) is 3. The van der Waals surface area contributed by atoms with Crippen molar-refractivity contribution in [3.8, 4) is 0 Å². The van der Waals surface area contributed by atoms with Gasteiger partial charge in [-0.1, -0.05) is 48.5 Å². The number of hydrogen-bond donors (Lipinski definition) is 1. The van der Waals surface area contributed by atoms with E-state index in [1.165, 1.54) is 11.1 Å². The van der Waals surface area contributed by atoms with Crippen LogP contribution < -0.4 is 5.32 Å². The summed E-state index contributed by atoms with van der Waals surface area (Å²) in [6, 6.07) is 24.4. The summed E-state index contributed by atoms with van der Waals surface area (Å²) in [6.07, 6.45) is 6.53. The molecule has 1 aliphatic rings. The molecule has 1 aliphatic heterocycles. The topological polar surface area (TPSA) is 46.9 Å². The number of carbonyl (C=O) groups excluding carboxylic acids is 1. The van der Waals surface area contributed by atoms with E-state index in [0.717, 1.165) is 34.7 Å². The lowest BCUT2D eigenvalue weighted by atomic mass is 10.0. The third-order valence-electron chi connectivity index (χ3n) is 5.31. The number of anilines is 1. The van der Waals surface area contributed by atoms with Crippen LogP contribution in [-0.2, 0) is 12.2 Å². The normalized spacial score (nSPS) is 15.0. The molecule has 4 aromatic rings. The van der Waals surface area contributed by atoms with Gasteiger partial charge in [-0.25, -0.2) is 0 Å². The standard InChI is InChI=1S/C25H21N3OS/c29-24(27-21-10-4-8-19(15-21)14-18-6-2-1-3-7-18)22-11-13-28-23(22)17-30-25(28)20-9-5-12-26-16-20/h1-13,15-16,25H,14,17H2,(H,27,29). The molecule has 1 N–H and O–H groups in total. The molecule has 3 heterocycles. The summed E-state index contributed by atoms with van der Waals surface area (Å²) >= 11 is 1.82. The van der Waals surface area contributed by atoms with E-state index < -0.39 is 0 Å². The van der Waals surface area contributed by atoms with Crippen molar-refractivity contribution in [3.05, 3.63) is 119 Å². The Morgan fingerprint density at radius 3 is 2.73 bits per heavy atom. The highest BCUT2D eigenvalue weighted by molar-refractivity contribution is 7.99. The molecule has 5 heteroatoms. The van der Waals surface area contributed by atoms with Crippen LogP contribution >= 0.6 is 11.8 Å². The Labute approximate surface area is 180 Å². The van der Waals surface area contributed by atoms with Gasteiger partial charge in [0.1, 0.15) is 5.37 Å². The average Bonchev–Trinajstić information content (AvgIpc) is 3.37. The maximum atomic E-state index is 13.0. The highest BCUT2D eigenvalue weighted by Crippen LogP contribution is 2.41. The van der Waals surface area contributed by atoms with Crippen LogP contribution in [0.1, 0.15) is 38.1 Å². The van der Waals surface area contributed by atoms with Gasteiger partial charge in [0.2, 0.25) is 0 Å². The Balaban J connectivity index is 1.33. The predicted molar refractivity (Wildman–Crippen MR) is 122 cm³/mol. The van der Waals surface area contributed by atoms with Gasteiger partial charge in [0.15, 0.2) is 0 Å². The molecule has 2 aromatic carbocycles. The SMILES string of the molecule is O=C(Nc1cccc(Cc2ccccc2)c1)c1ccn2c1CSC2c1cccnc1. The van der Waals surface area contributed by atoms with E-state index in [1.54, 1.807) is 6.20 Å². The first kappa shape index (κ1) is 18.7. The van der Waals surface area contributed by atoms with Gasteiger partial charge in [-0.15, -0.1) is 11.8 Å². The van der Waals surface area contributed by atoms with Gasteiger partial charge in [-0.05, 0) is 41.8 Å². The predicted octanol–water partition coefficient (Wildman–Crippen LogP) is 5.52. The molecule has 1 amide bonds. The first-order valence-corrected chi connectivity index (χ1v) is 11.0. The highest BCUT2D eigenvalue weighted by atomic mass is 32.2. The smallest absolute Gasteiger partial charge is 0.257 e. The summed E-state index contributed by atoms with van der Waals surface area (Å²) < 4.78 is 2.18. The number of aromatic nitrogens is 2. The summed E-state index contributed by atoms with van der Waals surface area (Å²) in [5.41, 5.74) is 6.20. The van der Waals surface area contributed by atoms with Crippen LogP contribution in [0.5, 0.6) is 0 Å². The zero-order valence-corrected chi connectivity index (χ0v) is 17.2. The molecular weight excluding hydrogens is 390 g/mol. The lowest BCUT2D eigenvalue weighted by molar-refractivity contribution is 0.102. The van der Waals surface area contributed by atoms with Crippen LogP contribution in [0.4, 0.5) is 5.69 Å². The van der Waals surface area contributed by atoms with Gasteiger partial charge < -0.3 is 9.88 Å². The van der Waals surface area contributed by atoms with E-state index in [-0.39, 0.29) is 11.3 Å². The summed E-state index contributed by atoms with van der Waals surface area (Å²) in [5, 5.41) is 3.25. The molecule has 5 rings (SSSR count). The van der Waals surface area contributed by atoms with Crippen LogP contribution in [0.3, 0.4) is 0 Å². The number of rotatable bonds is 5. The van der Waals surface area contributed by atoms with Crippen LogP contribution in [0.2, 0.25) is 0 Å². The molecule has 0 radical (unpaired) electrons. The summed E-state index contributed by atoms with van der Waals surface area (Å²) in [7, 11) is 0. The summed E-state index contributed by atoms with van der Waals surface area (Å²) in [6.45, 7) is 0. The van der Waals surface area contributed by atoms with Crippen molar-refractivity contribution >= 4 is 23.4 Å². The van der Waals surface area contributed by atoms with Crippen molar-refractivity contribution in [2.24, 2.45) is 0 Å². The van der Waals surface area contributed by atoms with E-state index in [1.807, 2.05) is 66.6 Å². The maximum Gasteiger partial charge on any atom is 0.257 e. The molecule has 0 bridgehead atoms. The Morgan fingerprint density at radius 2 is 1.90 bits per heavy atom. The van der Waals surface area contributed by atoms with Crippen molar-refractivity contribution in [3.63, 3.8) is 0 Å². The molecule has 0 spiro atoms. The molecule has 0 aliphatic carbocycles. The molecule has 2 aromatic heterocycles. The Morgan fingerprint density at radius 1 is 1.03 bits per heavy atom. The van der Waals surface area contributed by atoms with E-state index in [4.69, 9.17) is 0 Å². The number of fused-ring (bicyclic) bond motifs is 1. The molecule has 0 fully saturated rings. The number of nitrogens with zero attached hydrogens (tertiary/aromatic N) is 2. The van der Waals surface area contributed by atoms with Crippen LogP contribution in [0, 0.1) is 0 Å². The average molecular weight is 412 g/mol. The first-order valence-electron chi connectivity index (χ1n) is 9.93. The van der Waals surface area contributed by atoms with Gasteiger partial charge >= 0.3 is 0 Å². The van der Waals surface area contributed by atoms with Crippen LogP contribution in [-0.4, -0.2) is 15.5 Å². The van der Waals surface area contributed by atoms with E-state index >= 15 is 0 Å². The largest absolute Gasteiger partial charge is 0.333 e. The molecule has 30 heavy (non-hydrogen) atoms. The quantitative estimate of drug-likeness (QED) is 0.470. The monoisotopic (exact) mass is 411 g/mol. The Kier molecular flexibility index (Phi) is 5.11. The second-order valence-corrected chi connectivity index (χ2v) is 8.42. The first-order chi connectivity index (χ1) is 14.8. The van der Waals surface area contributed by atoms with Crippen molar-refractivity contribution < 1.29 is 4.79 Å². The highest BCUT2D eigenvalue weighted by Gasteiger charge is 2.28. The minimum absolute atomic E-state index is 0.0620. The number of thioether (sulfide) groups is 1. The van der Waals surface area contributed by atoms with Crippen LogP contribution in [0.15, 0.2) is 91.4 Å². The lowest BCUT2D eigenvalue weighted by Crippen LogP contribution is -2.13. The van der Waals surface area contributed by atoms with Gasteiger partial charge in [0.05, 0.1) is 5.56 Å². The molecule has 148 valence electrons. The van der Waals surface area contributed by atoms with E-state index in [9.17, 15) is 4.79 Å². The number of pyridine rings is 1. The third-order valence-corrected chi connectivity index (χ3v) is 6.56. The number of benzene rings is 2. The summed E-state index contributed by atoms with van der Waals surface area (Å²) in [4.78, 5) is 17.2. The zero-order valence-electron chi connectivity index (χ0n) is 16.4. The third kappa shape index (κ3) is 3.76. The fourth-order valence-electron chi connectivity index (χ4n) is 3.86. The molecule has 4 nitrogen and oxygen atoms in total. The minimum atomic E-state index is -0.0620. The fourth-order valence-corrected chi connectivity index (χ4v) is 5.18. The number of nitrogens with one attached hydrogen (secondary N) is 1. The Hall–Kier alpha value is -3.31. The fraction of sp³-hybridized carbons (Fsp3) is 0.120. The van der Waals surface area contributed by atoms with Gasteiger partial charge in [0, 0.05) is 41.3 Å². The molecule has 0 saturated carbocycles. The molecule has 1 unspecified atom stereocenters. The molecule has 0 saturated heterocycles. The van der Waals surface area contributed by atoms with Gasteiger partial charge in [-0.3, -0.25) is 9.78 Å². The van der Waals surface area contributed by atoms with Crippen LogP contribution in [0.25, 0.3) is 0 Å². The second kappa shape index (κ2) is 8.20. The van der Waals surface area contributed by atoms with E-state index in [2.05, 4.69) is 45.2 Å². The van der Waals surface area contributed by atoms with Crippen molar-refractivity contribution in [2.45, 2.75) is 17.5 Å². The van der Waals surface area contributed by atoms with Crippen molar-refractivity contribution in [1.29, 1.82) is 0 Å². The molecule has 1 atom stereocenters. The van der Waals surface area contributed by atoms with Gasteiger partial charge in [0.25, 0.3) is 5.91 Å². The lowest BCUT2D eigenvalue weighted by Gasteiger charge is -2.12. The van der Waals surface area contributed by atoms with E-state index in [0.29, 0.717) is 0 Å². The van der Waals surface area contributed by atoms with Crippen molar-refractivity contribution in [2.75, 3.05) is 5.32 Å². The molecular formula is C25H21N3OS. The maximum absolute atomic E-state index is 13.0. The van der Waals surface area contributed by atoms with Crippen molar-refractivity contribution in [1.82, 2.24) is 9.55 Å². The minimum Gasteiger partial charge on any atom is -0.333 e. The Bertz CT molecular complexity index is 1170.